The number of methoxy groups -OCH3 is 3. The zero-order valence-corrected chi connectivity index (χ0v) is 21.8. The molecule has 36 heavy (non-hydrogen) atoms. The molecule has 0 aliphatic rings. The quantitative estimate of drug-likeness (QED) is 0.296. The second kappa shape index (κ2) is 13.7. The number of benzene rings is 3. The van der Waals surface area contributed by atoms with Crippen molar-refractivity contribution in [3.05, 3.63) is 94.5 Å². The van der Waals surface area contributed by atoms with Crippen molar-refractivity contribution in [2.45, 2.75) is 51.6 Å². The van der Waals surface area contributed by atoms with Crippen LogP contribution in [0, 0.1) is 12.8 Å². The molecule has 2 atom stereocenters. The van der Waals surface area contributed by atoms with E-state index in [0.717, 1.165) is 47.9 Å². The minimum Gasteiger partial charge on any atom is -0.496 e. The standard InChI is InChI=1S/C31H38O5/c1-22-28(34-2)20-27(21-29(22)35-3)31(33)26(15-9-12-23-10-6-5-7-11-23)19-25-14-8-13-24(18-25)16-17-30(32)36-4/h5-8,10-11,13-14,18,20-21,26,31,33H,9,12,15-17,19H2,1-4H3/t26-,31-/m0/s1. The van der Waals surface area contributed by atoms with Crippen molar-refractivity contribution in [3.63, 3.8) is 0 Å². The van der Waals surface area contributed by atoms with Gasteiger partial charge in [0.2, 0.25) is 0 Å². The highest BCUT2D eigenvalue weighted by Gasteiger charge is 2.24. The summed E-state index contributed by atoms with van der Waals surface area (Å²) in [5.41, 5.74) is 5.24. The molecule has 0 saturated carbocycles. The van der Waals surface area contributed by atoms with Gasteiger partial charge in [0, 0.05) is 12.0 Å². The number of hydrogen-bond acceptors (Lipinski definition) is 5. The van der Waals surface area contributed by atoms with E-state index in [9.17, 15) is 9.90 Å². The highest BCUT2D eigenvalue weighted by molar-refractivity contribution is 5.69. The molecule has 0 fully saturated rings. The van der Waals surface area contributed by atoms with E-state index in [4.69, 9.17) is 14.2 Å². The Morgan fingerprint density at radius 3 is 2.11 bits per heavy atom. The van der Waals surface area contributed by atoms with Gasteiger partial charge in [-0.15, -0.1) is 0 Å². The SMILES string of the molecule is COC(=O)CCc1cccc(C[C@H](CCCc2ccccc2)[C@H](O)c2cc(OC)c(C)c(OC)c2)c1. The van der Waals surface area contributed by atoms with Crippen molar-refractivity contribution in [1.82, 2.24) is 0 Å². The molecule has 0 aliphatic carbocycles. The van der Waals surface area contributed by atoms with Gasteiger partial charge in [-0.05, 0) is 79.3 Å². The van der Waals surface area contributed by atoms with Crippen LogP contribution in [0.2, 0.25) is 0 Å². The lowest BCUT2D eigenvalue weighted by Crippen LogP contribution is -2.17. The zero-order chi connectivity index (χ0) is 25.9. The summed E-state index contributed by atoms with van der Waals surface area (Å²) in [6.45, 7) is 1.95. The van der Waals surface area contributed by atoms with Crippen LogP contribution < -0.4 is 9.47 Å². The van der Waals surface area contributed by atoms with Crippen LogP contribution in [-0.2, 0) is 28.8 Å². The Labute approximate surface area is 215 Å². The first-order valence-electron chi connectivity index (χ1n) is 12.5. The Bertz CT molecular complexity index is 1080. The fraction of sp³-hybridized carbons (Fsp3) is 0.387. The molecule has 0 amide bonds. The van der Waals surface area contributed by atoms with Gasteiger partial charge in [-0.3, -0.25) is 4.79 Å². The summed E-state index contributed by atoms with van der Waals surface area (Å²) < 4.78 is 15.9. The number of aliphatic hydroxyl groups excluding tert-OH is 1. The molecule has 192 valence electrons. The molecule has 5 nitrogen and oxygen atoms in total. The summed E-state index contributed by atoms with van der Waals surface area (Å²) in [4.78, 5) is 11.6. The number of aliphatic hydroxyl groups is 1. The number of carbonyl (C=O) groups is 1. The molecule has 0 aliphatic heterocycles. The van der Waals surface area contributed by atoms with Crippen LogP contribution >= 0.6 is 0 Å². The number of aryl methyl sites for hydroxylation is 2. The van der Waals surface area contributed by atoms with E-state index in [2.05, 4.69) is 36.4 Å². The van der Waals surface area contributed by atoms with Crippen molar-refractivity contribution < 1.29 is 24.1 Å². The third kappa shape index (κ3) is 7.59. The summed E-state index contributed by atoms with van der Waals surface area (Å²) in [6.07, 6.45) is 3.82. The van der Waals surface area contributed by atoms with Crippen LogP contribution in [-0.4, -0.2) is 32.4 Å². The van der Waals surface area contributed by atoms with Crippen LogP contribution in [0.25, 0.3) is 0 Å². The van der Waals surface area contributed by atoms with Gasteiger partial charge in [0.15, 0.2) is 0 Å². The molecule has 0 spiro atoms. The van der Waals surface area contributed by atoms with Gasteiger partial charge in [-0.25, -0.2) is 0 Å². The van der Waals surface area contributed by atoms with E-state index < -0.39 is 6.10 Å². The molecule has 0 saturated heterocycles. The number of carbonyl (C=O) groups excluding carboxylic acids is 1. The monoisotopic (exact) mass is 490 g/mol. The topological polar surface area (TPSA) is 65.0 Å². The van der Waals surface area contributed by atoms with Gasteiger partial charge in [-0.2, -0.15) is 0 Å². The van der Waals surface area contributed by atoms with Crippen LogP contribution in [0.5, 0.6) is 11.5 Å². The molecule has 0 heterocycles. The largest absolute Gasteiger partial charge is 0.496 e. The fourth-order valence-corrected chi connectivity index (χ4v) is 4.70. The maximum atomic E-state index is 11.6. The van der Waals surface area contributed by atoms with Gasteiger partial charge >= 0.3 is 5.97 Å². The summed E-state index contributed by atoms with van der Waals surface area (Å²) >= 11 is 0. The summed E-state index contributed by atoms with van der Waals surface area (Å²) in [7, 11) is 4.68. The molecule has 0 bridgehead atoms. The van der Waals surface area contributed by atoms with E-state index in [0.29, 0.717) is 24.3 Å². The van der Waals surface area contributed by atoms with Crippen LogP contribution in [0.4, 0.5) is 0 Å². The average Bonchev–Trinajstić information content (AvgIpc) is 2.91. The summed E-state index contributed by atoms with van der Waals surface area (Å²) in [5, 5.41) is 11.6. The molecule has 3 rings (SSSR count). The van der Waals surface area contributed by atoms with Gasteiger partial charge < -0.3 is 19.3 Å². The molecular weight excluding hydrogens is 452 g/mol. The lowest BCUT2D eigenvalue weighted by atomic mass is 9.84. The summed E-state index contributed by atoms with van der Waals surface area (Å²) in [6, 6.07) is 22.6. The van der Waals surface area contributed by atoms with Gasteiger partial charge in [-0.1, -0.05) is 54.6 Å². The highest BCUT2D eigenvalue weighted by atomic mass is 16.5. The van der Waals surface area contributed by atoms with E-state index >= 15 is 0 Å². The number of esters is 1. The third-order valence-corrected chi connectivity index (χ3v) is 6.78. The predicted molar refractivity (Wildman–Crippen MR) is 143 cm³/mol. The molecule has 1 N–H and O–H groups in total. The molecule has 3 aromatic carbocycles. The Morgan fingerprint density at radius 1 is 0.833 bits per heavy atom. The predicted octanol–water partition coefficient (Wildman–Crippen LogP) is 6.03. The van der Waals surface area contributed by atoms with Gasteiger partial charge in [0.25, 0.3) is 0 Å². The third-order valence-electron chi connectivity index (χ3n) is 6.78. The minimum absolute atomic E-state index is 0.00156. The molecule has 0 unspecified atom stereocenters. The molecule has 0 radical (unpaired) electrons. The Kier molecular flexibility index (Phi) is 10.4. The van der Waals surface area contributed by atoms with Crippen molar-refractivity contribution in [2.24, 2.45) is 5.92 Å². The van der Waals surface area contributed by atoms with Crippen LogP contribution in [0.15, 0.2) is 66.7 Å². The number of hydrogen-bond donors (Lipinski definition) is 1. The van der Waals surface area contributed by atoms with E-state index in [1.807, 2.05) is 37.3 Å². The van der Waals surface area contributed by atoms with Crippen LogP contribution in [0.1, 0.15) is 53.2 Å². The van der Waals surface area contributed by atoms with Crippen LogP contribution in [0.3, 0.4) is 0 Å². The first-order chi connectivity index (χ1) is 17.4. The smallest absolute Gasteiger partial charge is 0.305 e. The van der Waals surface area contributed by atoms with E-state index in [1.165, 1.54) is 12.7 Å². The summed E-state index contributed by atoms with van der Waals surface area (Å²) in [5.74, 6) is 1.20. The Balaban J connectivity index is 1.82. The highest BCUT2D eigenvalue weighted by Crippen LogP contribution is 2.36. The second-order valence-electron chi connectivity index (χ2n) is 9.23. The first kappa shape index (κ1) is 27.3. The van der Waals surface area contributed by atoms with E-state index in [-0.39, 0.29) is 11.9 Å². The average molecular weight is 491 g/mol. The first-order valence-corrected chi connectivity index (χ1v) is 12.5. The Morgan fingerprint density at radius 2 is 1.47 bits per heavy atom. The van der Waals surface area contributed by atoms with Crippen molar-refractivity contribution in [1.29, 1.82) is 0 Å². The molecule has 0 aromatic heterocycles. The zero-order valence-electron chi connectivity index (χ0n) is 21.8. The maximum absolute atomic E-state index is 11.6. The Hall–Kier alpha value is -3.31. The normalized spacial score (nSPS) is 12.6. The lowest BCUT2D eigenvalue weighted by Gasteiger charge is -2.25. The molecule has 5 heteroatoms. The lowest BCUT2D eigenvalue weighted by molar-refractivity contribution is -0.140. The van der Waals surface area contributed by atoms with Crippen molar-refractivity contribution in [2.75, 3.05) is 21.3 Å². The van der Waals surface area contributed by atoms with Gasteiger partial charge in [0.1, 0.15) is 11.5 Å². The minimum atomic E-state index is -0.678. The van der Waals surface area contributed by atoms with Crippen molar-refractivity contribution >= 4 is 5.97 Å². The molecular formula is C31H38O5. The number of ether oxygens (including phenoxy) is 3. The molecule has 3 aromatic rings. The van der Waals surface area contributed by atoms with E-state index in [1.54, 1.807) is 14.2 Å². The maximum Gasteiger partial charge on any atom is 0.305 e. The van der Waals surface area contributed by atoms with Crippen molar-refractivity contribution in [3.8, 4) is 11.5 Å². The van der Waals surface area contributed by atoms with Gasteiger partial charge in [0.05, 0.1) is 27.4 Å². The second-order valence-corrected chi connectivity index (χ2v) is 9.23. The number of rotatable bonds is 13. The fourth-order valence-electron chi connectivity index (χ4n) is 4.70.